The van der Waals surface area contributed by atoms with Crippen molar-refractivity contribution in [1.82, 2.24) is 15.5 Å². The Labute approximate surface area is 123 Å². The van der Waals surface area contributed by atoms with Crippen molar-refractivity contribution in [2.24, 2.45) is 0 Å². The number of hydrogen-bond acceptors (Lipinski definition) is 4. The molecule has 20 heavy (non-hydrogen) atoms. The first kappa shape index (κ1) is 14.4. The Kier molecular flexibility index (Phi) is 4.62. The molecular formula is C13H11BrFN3O2. The summed E-state index contributed by atoms with van der Waals surface area (Å²) in [5, 5.41) is 10.1. The number of halogens is 2. The smallest absolute Gasteiger partial charge is 0.271 e. The van der Waals surface area contributed by atoms with Crippen LogP contribution in [0.2, 0.25) is 0 Å². The van der Waals surface area contributed by atoms with E-state index in [1.165, 1.54) is 24.3 Å². The molecule has 0 aliphatic rings. The normalized spacial score (nSPS) is 10.2. The molecule has 1 aromatic carbocycles. The third-order valence-electron chi connectivity index (χ3n) is 2.32. The van der Waals surface area contributed by atoms with Crippen molar-refractivity contribution >= 4 is 21.8 Å². The van der Waals surface area contributed by atoms with E-state index in [0.717, 1.165) is 0 Å². The van der Waals surface area contributed by atoms with Crippen molar-refractivity contribution in [2.75, 3.05) is 6.54 Å². The molecule has 1 amide bonds. The topological polar surface area (TPSA) is 64.1 Å². The molecule has 0 saturated heterocycles. The number of amides is 1. The van der Waals surface area contributed by atoms with Gasteiger partial charge in [-0.1, -0.05) is 15.9 Å². The van der Waals surface area contributed by atoms with Gasteiger partial charge in [-0.05, 0) is 31.2 Å². The molecule has 0 radical (unpaired) electrons. The van der Waals surface area contributed by atoms with Crippen molar-refractivity contribution in [3.05, 3.63) is 46.3 Å². The SMILES string of the molecule is CCNC(=O)c1ccc(Oc2cc(Br)ccc2F)nn1. The largest absolute Gasteiger partial charge is 0.434 e. The average molecular weight is 340 g/mol. The van der Waals surface area contributed by atoms with Crippen LogP contribution in [0.15, 0.2) is 34.8 Å². The fourth-order valence-electron chi connectivity index (χ4n) is 1.41. The summed E-state index contributed by atoms with van der Waals surface area (Å²) in [6.07, 6.45) is 0. The molecule has 0 atom stereocenters. The van der Waals surface area contributed by atoms with Gasteiger partial charge in [-0.15, -0.1) is 10.2 Å². The van der Waals surface area contributed by atoms with Gasteiger partial charge in [0.15, 0.2) is 17.3 Å². The van der Waals surface area contributed by atoms with Gasteiger partial charge >= 0.3 is 0 Å². The molecule has 0 unspecified atom stereocenters. The summed E-state index contributed by atoms with van der Waals surface area (Å²) >= 11 is 3.22. The zero-order chi connectivity index (χ0) is 14.5. The predicted octanol–water partition coefficient (Wildman–Crippen LogP) is 2.92. The van der Waals surface area contributed by atoms with Crippen LogP contribution in [0, 0.1) is 5.82 Å². The third-order valence-corrected chi connectivity index (χ3v) is 2.81. The van der Waals surface area contributed by atoms with E-state index in [2.05, 4.69) is 31.4 Å². The molecule has 5 nitrogen and oxygen atoms in total. The van der Waals surface area contributed by atoms with E-state index in [4.69, 9.17) is 4.74 Å². The summed E-state index contributed by atoms with van der Waals surface area (Å²) in [5.74, 6) is -0.697. The van der Waals surface area contributed by atoms with Crippen molar-refractivity contribution in [3.63, 3.8) is 0 Å². The van der Waals surface area contributed by atoms with Crippen LogP contribution in [-0.2, 0) is 0 Å². The number of nitrogens with one attached hydrogen (secondary N) is 1. The van der Waals surface area contributed by atoms with Crippen LogP contribution >= 0.6 is 15.9 Å². The highest BCUT2D eigenvalue weighted by Crippen LogP contribution is 2.26. The lowest BCUT2D eigenvalue weighted by molar-refractivity contribution is 0.0949. The first-order valence-electron chi connectivity index (χ1n) is 5.85. The Morgan fingerprint density at radius 3 is 2.80 bits per heavy atom. The summed E-state index contributed by atoms with van der Waals surface area (Å²) in [6.45, 7) is 2.31. The highest BCUT2D eigenvalue weighted by molar-refractivity contribution is 9.10. The third kappa shape index (κ3) is 3.51. The molecule has 0 fully saturated rings. The van der Waals surface area contributed by atoms with Crippen molar-refractivity contribution < 1.29 is 13.9 Å². The highest BCUT2D eigenvalue weighted by Gasteiger charge is 2.09. The quantitative estimate of drug-likeness (QED) is 0.930. The summed E-state index contributed by atoms with van der Waals surface area (Å²) in [7, 11) is 0. The number of ether oxygens (including phenoxy) is 1. The average Bonchev–Trinajstić information content (AvgIpc) is 2.44. The fraction of sp³-hybridized carbons (Fsp3) is 0.154. The molecule has 1 aromatic heterocycles. The Morgan fingerprint density at radius 1 is 1.35 bits per heavy atom. The number of hydrogen-bond donors (Lipinski definition) is 1. The van der Waals surface area contributed by atoms with E-state index in [9.17, 15) is 9.18 Å². The molecule has 2 rings (SSSR count). The number of rotatable bonds is 4. The molecule has 7 heteroatoms. The minimum atomic E-state index is -0.511. The number of aromatic nitrogens is 2. The second-order valence-corrected chi connectivity index (χ2v) is 4.71. The molecule has 0 aliphatic heterocycles. The molecule has 1 heterocycles. The molecule has 0 spiro atoms. The lowest BCUT2D eigenvalue weighted by Gasteiger charge is -2.06. The maximum Gasteiger partial charge on any atom is 0.271 e. The molecule has 104 valence electrons. The Balaban J connectivity index is 2.14. The zero-order valence-corrected chi connectivity index (χ0v) is 12.1. The van der Waals surface area contributed by atoms with Crippen LogP contribution in [0.25, 0.3) is 0 Å². The number of carbonyl (C=O) groups excluding carboxylic acids is 1. The van der Waals surface area contributed by atoms with Crippen molar-refractivity contribution in [2.45, 2.75) is 6.92 Å². The Bertz CT molecular complexity index is 620. The zero-order valence-electron chi connectivity index (χ0n) is 10.6. The molecular weight excluding hydrogens is 329 g/mol. The van der Waals surface area contributed by atoms with Crippen LogP contribution in [0.1, 0.15) is 17.4 Å². The second-order valence-electron chi connectivity index (χ2n) is 3.79. The van der Waals surface area contributed by atoms with Gasteiger partial charge in [0.25, 0.3) is 5.91 Å². The van der Waals surface area contributed by atoms with Crippen LogP contribution in [0.3, 0.4) is 0 Å². The van der Waals surface area contributed by atoms with E-state index >= 15 is 0 Å². The first-order chi connectivity index (χ1) is 9.60. The standard InChI is InChI=1S/C13H11BrFN3O2/c1-2-16-13(19)10-5-6-12(18-17-10)20-11-7-8(14)3-4-9(11)15/h3-7H,2H2,1H3,(H,16,19). The van der Waals surface area contributed by atoms with Crippen molar-refractivity contribution in [3.8, 4) is 11.6 Å². The van der Waals surface area contributed by atoms with Crippen molar-refractivity contribution in [1.29, 1.82) is 0 Å². The molecule has 0 saturated carbocycles. The molecule has 0 aliphatic carbocycles. The van der Waals surface area contributed by atoms with Crippen LogP contribution < -0.4 is 10.1 Å². The highest BCUT2D eigenvalue weighted by atomic mass is 79.9. The number of carbonyl (C=O) groups is 1. The van der Waals surface area contributed by atoms with Gasteiger partial charge < -0.3 is 10.1 Å². The van der Waals surface area contributed by atoms with Crippen LogP contribution in [-0.4, -0.2) is 22.6 Å². The van der Waals surface area contributed by atoms with E-state index in [0.29, 0.717) is 11.0 Å². The van der Waals surface area contributed by atoms with Gasteiger partial charge in [-0.2, -0.15) is 0 Å². The van der Waals surface area contributed by atoms with E-state index < -0.39 is 5.82 Å². The van der Waals surface area contributed by atoms with Gasteiger partial charge in [0, 0.05) is 17.1 Å². The van der Waals surface area contributed by atoms with Gasteiger partial charge in [-0.3, -0.25) is 4.79 Å². The van der Waals surface area contributed by atoms with Gasteiger partial charge in [0.2, 0.25) is 5.88 Å². The Morgan fingerprint density at radius 2 is 2.15 bits per heavy atom. The lowest BCUT2D eigenvalue weighted by atomic mass is 10.3. The predicted molar refractivity (Wildman–Crippen MR) is 74.2 cm³/mol. The number of nitrogens with zero attached hydrogens (tertiary/aromatic N) is 2. The second kappa shape index (κ2) is 6.42. The minimum Gasteiger partial charge on any atom is -0.434 e. The van der Waals surface area contributed by atoms with Crippen LogP contribution in [0.4, 0.5) is 4.39 Å². The molecule has 0 bridgehead atoms. The van der Waals surface area contributed by atoms with Gasteiger partial charge in [0.1, 0.15) is 0 Å². The number of benzene rings is 1. The van der Waals surface area contributed by atoms with Gasteiger partial charge in [-0.25, -0.2) is 4.39 Å². The summed E-state index contributed by atoms with van der Waals surface area (Å²) < 4.78 is 19.5. The summed E-state index contributed by atoms with van der Waals surface area (Å²) in [4.78, 5) is 11.5. The molecule has 1 N–H and O–H groups in total. The lowest BCUT2D eigenvalue weighted by Crippen LogP contribution is -2.23. The fourth-order valence-corrected chi connectivity index (χ4v) is 1.75. The van der Waals surface area contributed by atoms with Crippen LogP contribution in [0.5, 0.6) is 11.6 Å². The Hall–Kier alpha value is -2.02. The first-order valence-corrected chi connectivity index (χ1v) is 6.64. The summed E-state index contributed by atoms with van der Waals surface area (Å²) in [6, 6.07) is 7.23. The van der Waals surface area contributed by atoms with E-state index in [1.54, 1.807) is 13.0 Å². The van der Waals surface area contributed by atoms with E-state index in [1.807, 2.05) is 0 Å². The maximum atomic E-state index is 13.5. The minimum absolute atomic E-state index is 0.0273. The van der Waals surface area contributed by atoms with Gasteiger partial charge in [0.05, 0.1) is 0 Å². The summed E-state index contributed by atoms with van der Waals surface area (Å²) in [5.41, 5.74) is 0.175. The maximum absolute atomic E-state index is 13.5. The monoisotopic (exact) mass is 339 g/mol. The van der Waals surface area contributed by atoms with E-state index in [-0.39, 0.29) is 23.2 Å². The molecule has 2 aromatic rings.